The van der Waals surface area contributed by atoms with Crippen LogP contribution in [0.15, 0.2) is 58.8 Å². The maximum absolute atomic E-state index is 13.4. The second-order valence-electron chi connectivity index (χ2n) is 8.54. The Balaban J connectivity index is 1.56. The number of halogens is 3. The van der Waals surface area contributed by atoms with Crippen molar-refractivity contribution < 1.29 is 27.4 Å². The number of hydrogen-bond acceptors (Lipinski definition) is 6. The van der Waals surface area contributed by atoms with Gasteiger partial charge in [-0.05, 0) is 61.6 Å². The summed E-state index contributed by atoms with van der Waals surface area (Å²) < 4.78 is 55.0. The lowest BCUT2D eigenvalue weighted by atomic mass is 10.0. The van der Waals surface area contributed by atoms with E-state index in [9.17, 15) is 18.0 Å². The van der Waals surface area contributed by atoms with Crippen molar-refractivity contribution in [2.45, 2.75) is 38.1 Å². The van der Waals surface area contributed by atoms with Crippen LogP contribution >= 0.6 is 11.3 Å². The Bertz CT molecular complexity index is 1490. The van der Waals surface area contributed by atoms with Crippen molar-refractivity contribution >= 4 is 28.4 Å². The van der Waals surface area contributed by atoms with Crippen LogP contribution in [0.4, 0.5) is 13.2 Å². The topological polar surface area (TPSA) is 62.1 Å². The molecule has 0 saturated heterocycles. The highest BCUT2D eigenvalue weighted by Gasteiger charge is 2.31. The van der Waals surface area contributed by atoms with Crippen molar-refractivity contribution in [1.29, 1.82) is 0 Å². The molecule has 10 heteroatoms. The number of rotatable bonds is 7. The fourth-order valence-electron chi connectivity index (χ4n) is 4.40. The molecule has 37 heavy (non-hydrogen) atoms. The molecule has 5 rings (SSSR count). The van der Waals surface area contributed by atoms with E-state index in [1.54, 1.807) is 24.8 Å². The third-order valence-electron chi connectivity index (χ3n) is 6.11. The van der Waals surface area contributed by atoms with Crippen LogP contribution in [0.1, 0.15) is 36.9 Å². The van der Waals surface area contributed by atoms with Gasteiger partial charge in [0.05, 0.1) is 24.5 Å². The predicted molar refractivity (Wildman–Crippen MR) is 136 cm³/mol. The molecular weight excluding hydrogens is 505 g/mol. The standard InChI is InChI=1S/C27H23F3N2O4S/c1-34-22-8-4-5-18(24(22)35-19-6-2-3-7-19)11-14-21-23(25(33)32-15-16-37-26(32)31-21)17-9-12-20(13-10-17)36-27(28,29)30/h4-5,8-16,19H,2-3,6-7H2,1H3. The van der Waals surface area contributed by atoms with Gasteiger partial charge in [-0.2, -0.15) is 0 Å². The van der Waals surface area contributed by atoms with E-state index in [4.69, 9.17) is 9.47 Å². The average Bonchev–Trinajstić information content (AvgIpc) is 3.55. The first kappa shape index (κ1) is 24.9. The van der Waals surface area contributed by atoms with Gasteiger partial charge < -0.3 is 14.2 Å². The highest BCUT2D eigenvalue weighted by molar-refractivity contribution is 7.15. The number of fused-ring (bicyclic) bond motifs is 1. The molecule has 0 radical (unpaired) electrons. The number of para-hydroxylation sites is 1. The van der Waals surface area contributed by atoms with Crippen LogP contribution in [-0.2, 0) is 0 Å². The molecule has 1 fully saturated rings. The zero-order valence-corrected chi connectivity index (χ0v) is 20.6. The summed E-state index contributed by atoms with van der Waals surface area (Å²) in [4.78, 5) is 18.5. The molecular formula is C27H23F3N2O4S. The number of aromatic nitrogens is 2. The molecule has 192 valence electrons. The van der Waals surface area contributed by atoms with Crippen molar-refractivity contribution in [1.82, 2.24) is 9.38 Å². The van der Waals surface area contributed by atoms with E-state index in [1.807, 2.05) is 24.3 Å². The largest absolute Gasteiger partial charge is 0.573 e. The minimum absolute atomic E-state index is 0.113. The fraction of sp³-hybridized carbons (Fsp3) is 0.259. The van der Waals surface area contributed by atoms with Crippen molar-refractivity contribution in [3.63, 3.8) is 0 Å². The van der Waals surface area contributed by atoms with Gasteiger partial charge in [0, 0.05) is 17.1 Å². The molecule has 4 aromatic rings. The zero-order valence-electron chi connectivity index (χ0n) is 19.8. The number of nitrogens with zero attached hydrogens (tertiary/aromatic N) is 2. The summed E-state index contributed by atoms with van der Waals surface area (Å²) in [5, 5.41) is 1.75. The minimum Gasteiger partial charge on any atom is -0.493 e. The van der Waals surface area contributed by atoms with E-state index >= 15 is 0 Å². The summed E-state index contributed by atoms with van der Waals surface area (Å²) in [6.07, 6.45) is 4.65. The molecule has 0 bridgehead atoms. The van der Waals surface area contributed by atoms with Gasteiger partial charge in [0.15, 0.2) is 16.5 Å². The van der Waals surface area contributed by atoms with Gasteiger partial charge in [0.25, 0.3) is 5.56 Å². The Morgan fingerprint density at radius 2 is 1.84 bits per heavy atom. The van der Waals surface area contributed by atoms with Crippen LogP contribution < -0.4 is 19.8 Å². The number of benzene rings is 2. The van der Waals surface area contributed by atoms with Crippen molar-refractivity contribution in [3.05, 3.63) is 75.7 Å². The normalized spacial score (nSPS) is 14.5. The zero-order chi connectivity index (χ0) is 26.0. The van der Waals surface area contributed by atoms with Gasteiger partial charge in [-0.1, -0.05) is 24.3 Å². The molecule has 2 heterocycles. The SMILES string of the molecule is COc1cccc(C=Cc2nc3sccn3c(=O)c2-c2ccc(OC(F)(F)F)cc2)c1OC1CCCC1. The molecule has 0 atom stereocenters. The average molecular weight is 529 g/mol. The lowest BCUT2D eigenvalue weighted by Crippen LogP contribution is -2.18. The van der Waals surface area contributed by atoms with Crippen LogP contribution in [0.25, 0.3) is 28.2 Å². The monoisotopic (exact) mass is 528 g/mol. The van der Waals surface area contributed by atoms with Crippen LogP contribution in [0.2, 0.25) is 0 Å². The fourth-order valence-corrected chi connectivity index (χ4v) is 5.12. The van der Waals surface area contributed by atoms with Crippen LogP contribution in [0, 0.1) is 0 Å². The van der Waals surface area contributed by atoms with E-state index in [0.29, 0.717) is 27.7 Å². The Morgan fingerprint density at radius 3 is 2.54 bits per heavy atom. The first-order valence-electron chi connectivity index (χ1n) is 11.7. The van der Waals surface area contributed by atoms with Gasteiger partial charge >= 0.3 is 6.36 Å². The highest BCUT2D eigenvalue weighted by Crippen LogP contribution is 2.36. The molecule has 0 spiro atoms. The summed E-state index contributed by atoms with van der Waals surface area (Å²) in [6, 6.07) is 10.8. The molecule has 2 aromatic heterocycles. The molecule has 1 aliphatic rings. The molecule has 0 amide bonds. The van der Waals surface area contributed by atoms with Gasteiger partial charge in [-0.3, -0.25) is 9.20 Å². The lowest BCUT2D eigenvalue weighted by molar-refractivity contribution is -0.274. The number of ether oxygens (including phenoxy) is 3. The first-order valence-corrected chi connectivity index (χ1v) is 12.6. The Labute approximate surface area is 214 Å². The smallest absolute Gasteiger partial charge is 0.493 e. The van der Waals surface area contributed by atoms with Crippen molar-refractivity contribution in [3.8, 4) is 28.4 Å². The summed E-state index contributed by atoms with van der Waals surface area (Å²) in [6.45, 7) is 0. The molecule has 1 aliphatic carbocycles. The van der Waals surface area contributed by atoms with Crippen LogP contribution in [0.3, 0.4) is 0 Å². The van der Waals surface area contributed by atoms with Gasteiger partial charge in [-0.15, -0.1) is 24.5 Å². The molecule has 2 aromatic carbocycles. The van der Waals surface area contributed by atoms with Gasteiger partial charge in [0.2, 0.25) is 0 Å². The van der Waals surface area contributed by atoms with Crippen LogP contribution in [0.5, 0.6) is 17.2 Å². The maximum Gasteiger partial charge on any atom is 0.573 e. The number of methoxy groups -OCH3 is 1. The van der Waals surface area contributed by atoms with Gasteiger partial charge in [-0.25, -0.2) is 4.98 Å². The minimum atomic E-state index is -4.80. The van der Waals surface area contributed by atoms with Crippen LogP contribution in [-0.4, -0.2) is 29.0 Å². The Kier molecular flexibility index (Phi) is 6.92. The number of hydrogen-bond donors (Lipinski definition) is 0. The number of thiazole rings is 1. The molecule has 6 nitrogen and oxygen atoms in total. The van der Waals surface area contributed by atoms with E-state index in [2.05, 4.69) is 9.72 Å². The first-order chi connectivity index (χ1) is 17.8. The third-order valence-corrected chi connectivity index (χ3v) is 6.86. The lowest BCUT2D eigenvalue weighted by Gasteiger charge is -2.18. The summed E-state index contributed by atoms with van der Waals surface area (Å²) in [5.74, 6) is 0.858. The van der Waals surface area contributed by atoms with E-state index < -0.39 is 6.36 Å². The maximum atomic E-state index is 13.4. The summed E-state index contributed by atoms with van der Waals surface area (Å²) >= 11 is 1.31. The number of alkyl halides is 3. The molecule has 0 unspecified atom stereocenters. The van der Waals surface area contributed by atoms with E-state index in [1.165, 1.54) is 40.0 Å². The molecule has 0 N–H and O–H groups in total. The van der Waals surface area contributed by atoms with E-state index in [0.717, 1.165) is 31.2 Å². The Morgan fingerprint density at radius 1 is 1.08 bits per heavy atom. The second-order valence-corrected chi connectivity index (χ2v) is 9.41. The van der Waals surface area contributed by atoms with Crippen molar-refractivity contribution in [2.75, 3.05) is 7.11 Å². The molecule has 1 saturated carbocycles. The van der Waals surface area contributed by atoms with Crippen molar-refractivity contribution in [2.24, 2.45) is 0 Å². The van der Waals surface area contributed by atoms with E-state index in [-0.39, 0.29) is 23.0 Å². The highest BCUT2D eigenvalue weighted by atomic mass is 32.1. The predicted octanol–water partition coefficient (Wildman–Crippen LogP) is 6.82. The summed E-state index contributed by atoms with van der Waals surface area (Å²) in [5.41, 5.74) is 1.49. The third kappa shape index (κ3) is 5.48. The van der Waals surface area contributed by atoms with Gasteiger partial charge in [0.1, 0.15) is 5.75 Å². The quantitative estimate of drug-likeness (QED) is 0.263. The molecule has 0 aliphatic heterocycles. The summed E-state index contributed by atoms with van der Waals surface area (Å²) in [7, 11) is 1.59. The Hall–Kier alpha value is -3.79. The second kappa shape index (κ2) is 10.3.